The molecule has 84 valence electrons. The largest absolute Gasteiger partial charge is 0.326 e. The zero-order valence-electron chi connectivity index (χ0n) is 9.13. The number of hydrogen-bond acceptors (Lipinski definition) is 2. The van der Waals surface area contributed by atoms with Gasteiger partial charge in [0.05, 0.1) is 0 Å². The lowest BCUT2D eigenvalue weighted by molar-refractivity contribution is 0.778. The van der Waals surface area contributed by atoms with E-state index in [2.05, 4.69) is 6.92 Å². The smallest absolute Gasteiger partial charge is 0.0417 e. The van der Waals surface area contributed by atoms with Gasteiger partial charge in [-0.2, -0.15) is 0 Å². The van der Waals surface area contributed by atoms with E-state index in [0.717, 1.165) is 10.8 Å². The molecule has 0 aliphatic rings. The van der Waals surface area contributed by atoms with Gasteiger partial charge in [-0.15, -0.1) is 11.8 Å². The van der Waals surface area contributed by atoms with Crippen LogP contribution < -0.4 is 5.73 Å². The van der Waals surface area contributed by atoms with Crippen molar-refractivity contribution < 1.29 is 0 Å². The van der Waals surface area contributed by atoms with Gasteiger partial charge in [0.1, 0.15) is 0 Å². The summed E-state index contributed by atoms with van der Waals surface area (Å²) in [7, 11) is 0. The quantitative estimate of drug-likeness (QED) is 0.602. The molecule has 3 heteroatoms. The van der Waals surface area contributed by atoms with E-state index in [1.807, 2.05) is 30.0 Å². The molecule has 0 saturated carbocycles. The summed E-state index contributed by atoms with van der Waals surface area (Å²) >= 11 is 7.82. The second-order valence-corrected chi connectivity index (χ2v) is 5.08. The summed E-state index contributed by atoms with van der Waals surface area (Å²) in [4.78, 5) is 1.24. The molecule has 0 aromatic heterocycles. The summed E-state index contributed by atoms with van der Waals surface area (Å²) in [6, 6.07) is 5.94. The first-order valence-corrected chi connectivity index (χ1v) is 6.75. The molecule has 0 radical (unpaired) electrons. The third kappa shape index (κ3) is 4.45. The van der Waals surface area contributed by atoms with Gasteiger partial charge in [-0.1, -0.05) is 37.4 Å². The van der Waals surface area contributed by atoms with Crippen molar-refractivity contribution in [1.29, 1.82) is 0 Å². The fourth-order valence-electron chi connectivity index (χ4n) is 1.37. The van der Waals surface area contributed by atoms with Crippen LogP contribution >= 0.6 is 23.4 Å². The molecular formula is C12H18ClNS. The Morgan fingerprint density at radius 2 is 2.13 bits per heavy atom. The molecule has 0 atom stereocenters. The molecule has 1 aromatic carbocycles. The Kier molecular flexibility index (Phi) is 6.15. The Labute approximate surface area is 101 Å². The van der Waals surface area contributed by atoms with E-state index < -0.39 is 0 Å². The van der Waals surface area contributed by atoms with Crippen LogP contribution in [0.3, 0.4) is 0 Å². The number of hydrogen-bond donors (Lipinski definition) is 1. The van der Waals surface area contributed by atoms with E-state index in [1.165, 1.54) is 29.7 Å². The lowest BCUT2D eigenvalue weighted by Crippen LogP contribution is -1.98. The lowest BCUT2D eigenvalue weighted by atomic mass is 10.2. The average Bonchev–Trinajstić information content (AvgIpc) is 2.25. The summed E-state index contributed by atoms with van der Waals surface area (Å²) in [5.74, 6) is 1.15. The Hall–Kier alpha value is -0.180. The van der Waals surface area contributed by atoms with Crippen LogP contribution in [-0.4, -0.2) is 5.75 Å². The van der Waals surface area contributed by atoms with Gasteiger partial charge in [-0.05, 0) is 29.9 Å². The van der Waals surface area contributed by atoms with Gasteiger partial charge in [0.15, 0.2) is 0 Å². The van der Waals surface area contributed by atoms with Crippen LogP contribution in [-0.2, 0) is 6.54 Å². The van der Waals surface area contributed by atoms with E-state index in [4.69, 9.17) is 17.3 Å². The van der Waals surface area contributed by atoms with Crippen LogP contribution in [0.15, 0.2) is 23.1 Å². The molecule has 0 aliphatic heterocycles. The second kappa shape index (κ2) is 7.15. The number of unbranched alkanes of at least 4 members (excludes halogenated alkanes) is 2. The van der Waals surface area contributed by atoms with Gasteiger partial charge in [0, 0.05) is 16.5 Å². The Bertz CT molecular complexity index is 302. The first-order valence-electron chi connectivity index (χ1n) is 5.39. The van der Waals surface area contributed by atoms with E-state index in [1.54, 1.807) is 0 Å². The summed E-state index contributed by atoms with van der Waals surface area (Å²) in [6.45, 7) is 2.81. The Balaban J connectivity index is 2.54. The standard InChI is InChI=1S/C12H18ClNS/c1-2-3-4-7-15-12-8-11(13)6-5-10(12)9-14/h5-6,8H,2-4,7,9,14H2,1H3. The van der Waals surface area contributed by atoms with Gasteiger partial charge in [-0.3, -0.25) is 0 Å². The maximum absolute atomic E-state index is 5.96. The molecule has 0 bridgehead atoms. The van der Waals surface area contributed by atoms with Gasteiger partial charge in [0.25, 0.3) is 0 Å². The molecule has 15 heavy (non-hydrogen) atoms. The summed E-state index contributed by atoms with van der Waals surface area (Å²) < 4.78 is 0. The van der Waals surface area contributed by atoms with Crippen LogP contribution in [0.1, 0.15) is 31.7 Å². The number of thioether (sulfide) groups is 1. The molecule has 0 amide bonds. The zero-order chi connectivity index (χ0) is 11.1. The maximum Gasteiger partial charge on any atom is 0.0417 e. The minimum atomic E-state index is 0.591. The molecular weight excluding hydrogens is 226 g/mol. The van der Waals surface area contributed by atoms with Crippen LogP contribution in [0, 0.1) is 0 Å². The summed E-state index contributed by atoms with van der Waals surface area (Å²) in [6.07, 6.45) is 3.82. The summed E-state index contributed by atoms with van der Waals surface area (Å²) in [5, 5.41) is 0.796. The average molecular weight is 244 g/mol. The molecule has 0 saturated heterocycles. The van der Waals surface area contributed by atoms with Crippen molar-refractivity contribution in [3.05, 3.63) is 28.8 Å². The van der Waals surface area contributed by atoms with Gasteiger partial charge in [-0.25, -0.2) is 0 Å². The molecule has 0 spiro atoms. The zero-order valence-corrected chi connectivity index (χ0v) is 10.7. The number of benzene rings is 1. The maximum atomic E-state index is 5.96. The van der Waals surface area contributed by atoms with Crippen molar-refractivity contribution in [2.75, 3.05) is 5.75 Å². The normalized spacial score (nSPS) is 10.6. The highest BCUT2D eigenvalue weighted by Crippen LogP contribution is 2.26. The highest BCUT2D eigenvalue weighted by atomic mass is 35.5. The molecule has 2 N–H and O–H groups in total. The lowest BCUT2D eigenvalue weighted by Gasteiger charge is -2.07. The molecule has 0 heterocycles. The monoisotopic (exact) mass is 243 g/mol. The highest BCUT2D eigenvalue weighted by Gasteiger charge is 2.02. The highest BCUT2D eigenvalue weighted by molar-refractivity contribution is 7.99. The predicted octanol–water partition coefficient (Wildman–Crippen LogP) is 4.08. The van der Waals surface area contributed by atoms with Crippen molar-refractivity contribution >= 4 is 23.4 Å². The minimum Gasteiger partial charge on any atom is -0.326 e. The second-order valence-electron chi connectivity index (χ2n) is 3.51. The van der Waals surface area contributed by atoms with Crippen LogP contribution in [0.4, 0.5) is 0 Å². The predicted molar refractivity (Wildman–Crippen MR) is 69.6 cm³/mol. The molecule has 1 rings (SSSR count). The number of halogens is 1. The van der Waals surface area contributed by atoms with Gasteiger partial charge < -0.3 is 5.73 Å². The molecule has 0 aliphatic carbocycles. The Morgan fingerprint density at radius 3 is 2.80 bits per heavy atom. The molecule has 1 aromatic rings. The number of nitrogens with two attached hydrogens (primary N) is 1. The van der Waals surface area contributed by atoms with Crippen molar-refractivity contribution in [1.82, 2.24) is 0 Å². The van der Waals surface area contributed by atoms with Crippen LogP contribution in [0.2, 0.25) is 5.02 Å². The first kappa shape index (κ1) is 12.9. The van der Waals surface area contributed by atoms with E-state index in [9.17, 15) is 0 Å². The van der Waals surface area contributed by atoms with Crippen molar-refractivity contribution in [2.45, 2.75) is 37.6 Å². The first-order chi connectivity index (χ1) is 7.27. The Morgan fingerprint density at radius 1 is 1.33 bits per heavy atom. The third-order valence-corrected chi connectivity index (χ3v) is 3.67. The fraction of sp³-hybridized carbons (Fsp3) is 0.500. The van der Waals surface area contributed by atoms with Crippen LogP contribution in [0.5, 0.6) is 0 Å². The van der Waals surface area contributed by atoms with Crippen LogP contribution in [0.25, 0.3) is 0 Å². The van der Waals surface area contributed by atoms with E-state index in [0.29, 0.717) is 6.54 Å². The summed E-state index contributed by atoms with van der Waals surface area (Å²) in [5.41, 5.74) is 6.87. The van der Waals surface area contributed by atoms with Gasteiger partial charge in [0.2, 0.25) is 0 Å². The number of rotatable bonds is 6. The van der Waals surface area contributed by atoms with Crippen molar-refractivity contribution in [2.24, 2.45) is 5.73 Å². The van der Waals surface area contributed by atoms with Crippen molar-refractivity contribution in [3.8, 4) is 0 Å². The molecule has 1 nitrogen and oxygen atoms in total. The van der Waals surface area contributed by atoms with Crippen molar-refractivity contribution in [3.63, 3.8) is 0 Å². The molecule has 0 fully saturated rings. The fourth-order valence-corrected chi connectivity index (χ4v) is 2.72. The van der Waals surface area contributed by atoms with E-state index in [-0.39, 0.29) is 0 Å². The topological polar surface area (TPSA) is 26.0 Å². The van der Waals surface area contributed by atoms with E-state index >= 15 is 0 Å². The van der Waals surface area contributed by atoms with Gasteiger partial charge >= 0.3 is 0 Å². The SMILES string of the molecule is CCCCCSc1cc(Cl)ccc1CN. The third-order valence-electron chi connectivity index (χ3n) is 2.25. The minimum absolute atomic E-state index is 0.591. The molecule has 0 unspecified atom stereocenters.